The highest BCUT2D eigenvalue weighted by Gasteiger charge is 1.98. The summed E-state index contributed by atoms with van der Waals surface area (Å²) in [6.45, 7) is 4.48. The van der Waals surface area contributed by atoms with Crippen LogP contribution >= 0.6 is 0 Å². The average molecular weight is 304 g/mol. The predicted molar refractivity (Wildman–Crippen MR) is 84.8 cm³/mol. The maximum Gasteiger partial charge on any atom is 0.160 e. The minimum absolute atomic E-state index is 0.181. The summed E-state index contributed by atoms with van der Waals surface area (Å²) in [6, 6.07) is 14.0. The summed E-state index contributed by atoms with van der Waals surface area (Å²) in [7, 11) is 1.52. The minimum Gasteiger partial charge on any atom is -0.504 e. The number of phenolic OH excluding ortho intramolecular Hbond substituents is 1. The van der Waals surface area contributed by atoms with Gasteiger partial charge in [0.1, 0.15) is 12.5 Å². The van der Waals surface area contributed by atoms with E-state index in [1.807, 2.05) is 25.8 Å². The van der Waals surface area contributed by atoms with Crippen molar-refractivity contribution in [3.05, 3.63) is 54.1 Å². The second-order valence-electron chi connectivity index (χ2n) is 3.76. The second kappa shape index (κ2) is 12.0. The predicted octanol–water partition coefficient (Wildman–Crippen LogP) is 3.11. The molecule has 0 spiro atoms. The first-order valence-corrected chi connectivity index (χ1v) is 6.50. The van der Waals surface area contributed by atoms with E-state index in [2.05, 4.69) is 0 Å². The summed E-state index contributed by atoms with van der Waals surface area (Å²) in [6.07, 6.45) is 0.797. The minimum atomic E-state index is 0.181. The van der Waals surface area contributed by atoms with Gasteiger partial charge in [-0.3, -0.25) is 4.79 Å². The van der Waals surface area contributed by atoms with Gasteiger partial charge in [-0.2, -0.15) is 0 Å². The first kappa shape index (κ1) is 19.2. The van der Waals surface area contributed by atoms with Crippen molar-refractivity contribution in [2.24, 2.45) is 0 Å². The Balaban J connectivity index is 0.000000366. The molecule has 0 amide bonds. The smallest absolute Gasteiger partial charge is 0.160 e. The number of hydrogen-bond acceptors (Lipinski definition) is 5. The first-order chi connectivity index (χ1) is 10.7. The Bertz CT molecular complexity index is 554. The Labute approximate surface area is 130 Å². The Morgan fingerprint density at radius 1 is 1.05 bits per heavy atom. The zero-order chi connectivity index (χ0) is 16.8. The van der Waals surface area contributed by atoms with Crippen LogP contribution in [0.25, 0.3) is 0 Å². The third-order valence-electron chi connectivity index (χ3n) is 2.43. The fraction of sp³-hybridized carbons (Fsp3) is 0.176. The van der Waals surface area contributed by atoms with E-state index in [1.54, 1.807) is 36.4 Å². The molecule has 0 fully saturated rings. The number of hydrogen-bond donors (Lipinski definition) is 1. The molecule has 0 aromatic heterocycles. The summed E-state index contributed by atoms with van der Waals surface area (Å²) in [4.78, 5) is 18.4. The van der Waals surface area contributed by atoms with Crippen LogP contribution in [0.3, 0.4) is 0 Å². The highest BCUT2D eigenvalue weighted by molar-refractivity contribution is 5.79. The standard InChI is InChI=1S/C9H10O2.C7H8O2.CH2O/c1-2-11-9-6-4-3-5-8(9)7-10;1-9-7-5-3-2-4-6(7)8;1-2/h3-7H,2H2,1H3;2-5,8H,1H3;1H2. The van der Waals surface area contributed by atoms with Crippen LogP contribution in [0.4, 0.5) is 0 Å². The van der Waals surface area contributed by atoms with Gasteiger partial charge in [-0.05, 0) is 31.2 Å². The molecule has 22 heavy (non-hydrogen) atoms. The van der Waals surface area contributed by atoms with Gasteiger partial charge >= 0.3 is 0 Å². The fourth-order valence-corrected chi connectivity index (χ4v) is 1.49. The number of benzene rings is 2. The lowest BCUT2D eigenvalue weighted by molar-refractivity contribution is -0.0980. The molecule has 0 aliphatic rings. The normalized spacial score (nSPS) is 8.45. The molecule has 0 radical (unpaired) electrons. The van der Waals surface area contributed by atoms with Crippen LogP contribution in [-0.4, -0.2) is 31.9 Å². The van der Waals surface area contributed by atoms with Gasteiger partial charge in [0.15, 0.2) is 17.8 Å². The molecule has 0 saturated carbocycles. The summed E-state index contributed by atoms with van der Waals surface area (Å²) in [5.74, 6) is 1.35. The Morgan fingerprint density at radius 3 is 2.05 bits per heavy atom. The van der Waals surface area contributed by atoms with Crippen LogP contribution in [0.5, 0.6) is 17.2 Å². The Hall–Kier alpha value is -2.82. The van der Waals surface area contributed by atoms with Gasteiger partial charge in [0.2, 0.25) is 0 Å². The molecule has 0 unspecified atom stereocenters. The Morgan fingerprint density at radius 2 is 1.59 bits per heavy atom. The molecule has 5 heteroatoms. The van der Waals surface area contributed by atoms with Crippen LogP contribution in [0.2, 0.25) is 0 Å². The van der Waals surface area contributed by atoms with Gasteiger partial charge in [-0.25, -0.2) is 0 Å². The average Bonchev–Trinajstić information content (AvgIpc) is 2.58. The lowest BCUT2D eigenvalue weighted by Crippen LogP contribution is -1.94. The van der Waals surface area contributed by atoms with Crippen molar-refractivity contribution in [1.29, 1.82) is 0 Å². The molecule has 0 atom stereocenters. The van der Waals surface area contributed by atoms with Gasteiger partial charge in [-0.15, -0.1) is 0 Å². The molecule has 2 aromatic rings. The third-order valence-corrected chi connectivity index (χ3v) is 2.43. The van der Waals surface area contributed by atoms with Crippen molar-refractivity contribution < 1.29 is 24.2 Å². The molecular weight excluding hydrogens is 284 g/mol. The number of aldehydes is 1. The molecule has 0 saturated heterocycles. The zero-order valence-electron chi connectivity index (χ0n) is 12.7. The van der Waals surface area contributed by atoms with Gasteiger partial charge in [0.05, 0.1) is 19.3 Å². The van der Waals surface area contributed by atoms with Crippen LogP contribution in [0.1, 0.15) is 17.3 Å². The molecule has 5 nitrogen and oxygen atoms in total. The lowest BCUT2D eigenvalue weighted by atomic mass is 10.2. The number of aromatic hydroxyl groups is 1. The highest BCUT2D eigenvalue weighted by atomic mass is 16.5. The molecule has 2 aromatic carbocycles. The van der Waals surface area contributed by atoms with Crippen LogP contribution < -0.4 is 9.47 Å². The van der Waals surface area contributed by atoms with Crippen molar-refractivity contribution in [3.8, 4) is 17.2 Å². The van der Waals surface area contributed by atoms with E-state index in [4.69, 9.17) is 19.4 Å². The molecule has 0 heterocycles. The summed E-state index contributed by atoms with van der Waals surface area (Å²) in [5, 5.41) is 8.99. The monoisotopic (exact) mass is 304 g/mol. The molecule has 2 rings (SSSR count). The van der Waals surface area contributed by atoms with Crippen molar-refractivity contribution in [1.82, 2.24) is 0 Å². The zero-order valence-corrected chi connectivity index (χ0v) is 12.7. The lowest BCUT2D eigenvalue weighted by Gasteiger charge is -2.03. The number of ether oxygens (including phenoxy) is 2. The quantitative estimate of drug-likeness (QED) is 0.879. The molecule has 1 N–H and O–H groups in total. The van der Waals surface area contributed by atoms with Crippen molar-refractivity contribution in [3.63, 3.8) is 0 Å². The number of phenols is 1. The number of para-hydroxylation sites is 3. The van der Waals surface area contributed by atoms with Gasteiger partial charge in [0, 0.05) is 0 Å². The van der Waals surface area contributed by atoms with Crippen LogP contribution in [0.15, 0.2) is 48.5 Å². The van der Waals surface area contributed by atoms with E-state index in [0.717, 1.165) is 6.29 Å². The van der Waals surface area contributed by atoms with Gasteiger partial charge in [0.25, 0.3) is 0 Å². The third kappa shape index (κ3) is 6.56. The fourth-order valence-electron chi connectivity index (χ4n) is 1.49. The number of rotatable bonds is 4. The van der Waals surface area contributed by atoms with E-state index in [1.165, 1.54) is 7.11 Å². The summed E-state index contributed by atoms with van der Waals surface area (Å²) < 4.78 is 9.99. The number of methoxy groups -OCH3 is 1. The van der Waals surface area contributed by atoms with Gasteiger partial charge < -0.3 is 19.4 Å². The first-order valence-electron chi connectivity index (χ1n) is 6.50. The van der Waals surface area contributed by atoms with Crippen LogP contribution in [-0.2, 0) is 4.79 Å². The molecule has 118 valence electrons. The SMILES string of the molecule is C=O.CCOc1ccccc1C=O.COc1ccccc1O. The van der Waals surface area contributed by atoms with E-state index in [-0.39, 0.29) is 5.75 Å². The van der Waals surface area contributed by atoms with Gasteiger partial charge in [-0.1, -0.05) is 24.3 Å². The van der Waals surface area contributed by atoms with Crippen molar-refractivity contribution >= 4 is 13.1 Å². The Kier molecular flexibility index (Phi) is 10.4. The molecule has 0 aliphatic heterocycles. The van der Waals surface area contributed by atoms with E-state index in [9.17, 15) is 4.79 Å². The maximum atomic E-state index is 10.4. The summed E-state index contributed by atoms with van der Waals surface area (Å²) in [5.41, 5.74) is 0.606. The van der Waals surface area contributed by atoms with E-state index < -0.39 is 0 Å². The van der Waals surface area contributed by atoms with Crippen molar-refractivity contribution in [2.45, 2.75) is 6.92 Å². The van der Waals surface area contributed by atoms with Crippen LogP contribution in [0, 0.1) is 0 Å². The topological polar surface area (TPSA) is 72.8 Å². The highest BCUT2D eigenvalue weighted by Crippen LogP contribution is 2.23. The number of carbonyl (C=O) groups is 2. The largest absolute Gasteiger partial charge is 0.504 e. The molecular formula is C17H20O5. The van der Waals surface area contributed by atoms with Crippen molar-refractivity contribution in [2.75, 3.05) is 13.7 Å². The van der Waals surface area contributed by atoms with E-state index in [0.29, 0.717) is 23.7 Å². The molecule has 0 aliphatic carbocycles. The second-order valence-corrected chi connectivity index (χ2v) is 3.76. The molecule has 0 bridgehead atoms. The maximum absolute atomic E-state index is 10.4. The summed E-state index contributed by atoms with van der Waals surface area (Å²) >= 11 is 0. The number of carbonyl (C=O) groups excluding carboxylic acids is 2. The van der Waals surface area contributed by atoms with E-state index >= 15 is 0 Å².